The van der Waals surface area contributed by atoms with Gasteiger partial charge < -0.3 is 85.1 Å². The normalized spacial score (nSPS) is 15.7. The first-order valence-electron chi connectivity index (χ1n) is 30.8. The molecular weight excluding hydrogens is 1220 g/mol. The quantitative estimate of drug-likeness (QED) is 0.0275. The summed E-state index contributed by atoms with van der Waals surface area (Å²) < 4.78 is 14.3. The minimum atomic E-state index is -2.02. The number of phenolic OH excluding ortho intramolecular Hbond substituents is 2. The van der Waals surface area contributed by atoms with Gasteiger partial charge in [-0.05, 0) is 109 Å². The molecule has 508 valence electrons. The van der Waals surface area contributed by atoms with Gasteiger partial charge in [-0.25, -0.2) is 9.18 Å². The van der Waals surface area contributed by atoms with Crippen LogP contribution in [0.25, 0.3) is 0 Å². The molecule has 28 nitrogen and oxygen atoms in total. The summed E-state index contributed by atoms with van der Waals surface area (Å²) in [6.45, 7) is 7.28. The lowest BCUT2D eigenvalue weighted by Gasteiger charge is -2.31. The second-order valence-electron chi connectivity index (χ2n) is 23.9. The van der Waals surface area contributed by atoms with Crippen molar-refractivity contribution in [2.24, 2.45) is 29.0 Å². The van der Waals surface area contributed by atoms with E-state index in [1.54, 1.807) is 44.2 Å². The van der Waals surface area contributed by atoms with E-state index in [0.717, 1.165) is 12.1 Å². The molecule has 0 unspecified atom stereocenters. The highest BCUT2D eigenvalue weighted by molar-refractivity contribution is 6.00. The number of hydrogen-bond acceptors (Lipinski definition) is 16. The van der Waals surface area contributed by atoms with Crippen LogP contribution < -0.4 is 59.7 Å². The van der Waals surface area contributed by atoms with E-state index in [1.807, 2.05) is 13.8 Å². The van der Waals surface area contributed by atoms with Crippen molar-refractivity contribution in [1.29, 1.82) is 0 Å². The molecule has 4 aromatic carbocycles. The summed E-state index contributed by atoms with van der Waals surface area (Å²) in [5.74, 6) is -14.2. The summed E-state index contributed by atoms with van der Waals surface area (Å²) in [5.41, 5.74) is 18.9. The van der Waals surface area contributed by atoms with Crippen LogP contribution in [-0.4, -0.2) is 170 Å². The van der Waals surface area contributed by atoms with Gasteiger partial charge in [0.2, 0.25) is 59.1 Å². The van der Waals surface area contributed by atoms with Crippen molar-refractivity contribution >= 4 is 71.0 Å². The van der Waals surface area contributed by atoms with Crippen LogP contribution in [0.3, 0.4) is 0 Å². The molecule has 0 aliphatic carbocycles. The number of benzene rings is 4. The molecule has 5 rings (SSSR count). The summed E-state index contributed by atoms with van der Waals surface area (Å²) in [4.78, 5) is 167. The van der Waals surface area contributed by atoms with Gasteiger partial charge in [-0.2, -0.15) is 0 Å². The number of amides is 10. The van der Waals surface area contributed by atoms with E-state index in [9.17, 15) is 77.6 Å². The third kappa shape index (κ3) is 23.9. The summed E-state index contributed by atoms with van der Waals surface area (Å²) >= 11 is 0. The zero-order chi connectivity index (χ0) is 69.3. The van der Waals surface area contributed by atoms with Crippen LogP contribution in [0.1, 0.15) is 94.9 Å². The third-order valence-corrected chi connectivity index (χ3v) is 15.5. The molecule has 29 heteroatoms. The van der Waals surface area contributed by atoms with Gasteiger partial charge in [-0.1, -0.05) is 94.4 Å². The molecule has 1 saturated heterocycles. The van der Waals surface area contributed by atoms with Gasteiger partial charge in [0.05, 0.1) is 18.9 Å². The monoisotopic (exact) mass is 1310 g/mol. The number of carboxylic acids is 2. The van der Waals surface area contributed by atoms with Crippen molar-refractivity contribution in [2.75, 3.05) is 13.1 Å². The zero-order valence-corrected chi connectivity index (χ0v) is 52.7. The fraction of sp³-hybridized carbons (Fsp3) is 0.446. The Morgan fingerprint density at radius 1 is 0.521 bits per heavy atom. The molecule has 10 amide bonds. The van der Waals surface area contributed by atoms with Crippen LogP contribution in [-0.2, 0) is 83.2 Å². The van der Waals surface area contributed by atoms with Gasteiger partial charge in [0, 0.05) is 32.2 Å². The van der Waals surface area contributed by atoms with Gasteiger partial charge in [0.15, 0.2) is 0 Å². The second-order valence-corrected chi connectivity index (χ2v) is 23.9. The van der Waals surface area contributed by atoms with Crippen molar-refractivity contribution in [3.05, 3.63) is 131 Å². The van der Waals surface area contributed by atoms with Gasteiger partial charge in [0.1, 0.15) is 71.7 Å². The molecule has 0 radical (unpaired) electrons. The molecule has 1 aliphatic heterocycles. The first-order valence-corrected chi connectivity index (χ1v) is 30.8. The maximum atomic E-state index is 15.1. The first-order chi connectivity index (χ1) is 44.5. The fourth-order valence-corrected chi connectivity index (χ4v) is 10.3. The van der Waals surface area contributed by atoms with Crippen molar-refractivity contribution < 1.29 is 82.4 Å². The smallest absolute Gasteiger partial charge is 0.326 e. The molecule has 0 spiro atoms. The number of carbonyl (C=O) groups is 12. The lowest BCUT2D eigenvalue weighted by molar-refractivity contribution is -0.144. The molecule has 1 heterocycles. The lowest BCUT2D eigenvalue weighted by Crippen LogP contribution is -2.61. The number of phenols is 2. The van der Waals surface area contributed by atoms with Gasteiger partial charge in [-0.15, -0.1) is 0 Å². The second kappa shape index (κ2) is 36.3. The Morgan fingerprint density at radius 2 is 0.936 bits per heavy atom. The molecular formula is C65H85FN12O16. The Kier molecular flexibility index (Phi) is 28.8. The van der Waals surface area contributed by atoms with Crippen molar-refractivity contribution in [2.45, 2.75) is 159 Å². The van der Waals surface area contributed by atoms with Gasteiger partial charge in [-0.3, -0.25) is 52.7 Å². The summed E-state index contributed by atoms with van der Waals surface area (Å²) in [6.07, 6.45) is -2.43. The average molecular weight is 1310 g/mol. The highest BCUT2D eigenvalue weighted by atomic mass is 19.1. The van der Waals surface area contributed by atoms with E-state index in [0.29, 0.717) is 23.1 Å². The minimum absolute atomic E-state index is 0.00677. The van der Waals surface area contributed by atoms with E-state index in [1.165, 1.54) is 65.6 Å². The summed E-state index contributed by atoms with van der Waals surface area (Å²) in [7, 11) is 0. The SMILES string of the molecule is CC(C)C[C@H](NC(=O)[C@H](CCCN)NC(=O)[C@@H](N)C(C)C)C(=O)N[C@@H](Cc1ccc(O)cc1)C(=O)N1CCC[C@H]1C(=O)N[C@@H](Cc1ccccc1)C(=O)N[C@@H](Cc1ccc(F)cc1)C(=O)N[C@@H](CC(N)=O)C(=O)N[C@@H](CC(=O)O)C(=O)N[C@@H](Cc1ccc(O)cc1)C(=O)O. The van der Waals surface area contributed by atoms with Crippen LogP contribution in [0.2, 0.25) is 0 Å². The molecule has 4 aromatic rings. The number of nitrogens with zero attached hydrogens (tertiary/aromatic N) is 1. The van der Waals surface area contributed by atoms with Crippen LogP contribution in [0.15, 0.2) is 103 Å². The van der Waals surface area contributed by atoms with Gasteiger partial charge >= 0.3 is 11.9 Å². The zero-order valence-electron chi connectivity index (χ0n) is 52.7. The largest absolute Gasteiger partial charge is 0.508 e. The number of aromatic hydroxyl groups is 2. The number of carbonyl (C=O) groups excluding carboxylic acids is 10. The first kappa shape index (κ1) is 74.7. The van der Waals surface area contributed by atoms with E-state index in [-0.39, 0.29) is 86.9 Å². The molecule has 10 atom stereocenters. The highest BCUT2D eigenvalue weighted by Crippen LogP contribution is 2.22. The topological polar surface area (TPSA) is 463 Å². The Labute approximate surface area is 542 Å². The molecule has 94 heavy (non-hydrogen) atoms. The number of aliphatic carboxylic acids is 2. The van der Waals surface area contributed by atoms with Gasteiger partial charge in [0.25, 0.3) is 0 Å². The minimum Gasteiger partial charge on any atom is -0.508 e. The van der Waals surface area contributed by atoms with Crippen molar-refractivity contribution in [3.8, 4) is 11.5 Å². The maximum absolute atomic E-state index is 15.1. The predicted octanol–water partition coefficient (Wildman–Crippen LogP) is -0.420. The summed E-state index contributed by atoms with van der Waals surface area (Å²) in [5, 5.41) is 59.7. The Hall–Kier alpha value is -10.0. The number of carboxylic acid groups (broad SMARTS) is 2. The maximum Gasteiger partial charge on any atom is 0.326 e. The Morgan fingerprint density at radius 3 is 1.44 bits per heavy atom. The molecule has 18 N–H and O–H groups in total. The number of nitrogens with one attached hydrogen (secondary N) is 8. The van der Waals surface area contributed by atoms with E-state index in [2.05, 4.69) is 42.5 Å². The predicted molar refractivity (Wildman–Crippen MR) is 338 cm³/mol. The van der Waals surface area contributed by atoms with E-state index < -0.39 is 157 Å². The average Bonchev–Trinajstić information content (AvgIpc) is 1.59. The van der Waals surface area contributed by atoms with Crippen molar-refractivity contribution in [1.82, 2.24) is 47.4 Å². The number of rotatable bonds is 36. The van der Waals surface area contributed by atoms with Crippen LogP contribution >= 0.6 is 0 Å². The molecule has 0 bridgehead atoms. The van der Waals surface area contributed by atoms with Crippen LogP contribution in [0, 0.1) is 17.7 Å². The van der Waals surface area contributed by atoms with Crippen molar-refractivity contribution in [3.63, 3.8) is 0 Å². The summed E-state index contributed by atoms with van der Waals surface area (Å²) in [6, 6.07) is 9.12. The highest BCUT2D eigenvalue weighted by Gasteiger charge is 2.41. The fourth-order valence-electron chi connectivity index (χ4n) is 10.3. The van der Waals surface area contributed by atoms with E-state index >= 15 is 4.79 Å². The number of halogens is 1. The third-order valence-electron chi connectivity index (χ3n) is 15.5. The molecule has 0 saturated carbocycles. The Bertz CT molecular complexity index is 3290. The van der Waals surface area contributed by atoms with Crippen LogP contribution in [0.4, 0.5) is 4.39 Å². The number of hydrogen-bond donors (Lipinski definition) is 15. The number of likely N-dealkylation sites (tertiary alicyclic amines) is 1. The van der Waals surface area contributed by atoms with E-state index in [4.69, 9.17) is 17.2 Å². The number of nitrogens with two attached hydrogens (primary N) is 3. The Balaban J connectivity index is 1.43. The lowest BCUT2D eigenvalue weighted by atomic mass is 9.99. The molecule has 1 aliphatic rings. The molecule has 1 fully saturated rings. The number of primary amides is 1. The molecule has 0 aromatic heterocycles. The standard InChI is InChI=1S/C65H85FN12O16/c1-35(2)28-45(71-56(84)44(12-8-26-67)70-63(91)55(69)36(3)4)57(85)76-50(31-39-16-22-42(79)23-17-39)64(92)78-27-9-13-52(78)62(90)75-47(29-37-10-6-5-7-11-37)59(87)72-46(30-38-14-20-41(66)21-15-38)58(86)73-48(33-53(68)81)60(88)74-49(34-54(82)83)61(89)77-51(65(93)94)32-40-18-24-43(80)25-19-40/h5-7,10-11,14-25,35-36,44-52,55,79-80H,8-9,12-13,26-34,67,69H2,1-4H3,(H2,68,81)(H,70,91)(H,71,84)(H,72,87)(H,73,86)(H,74,88)(H,75,90)(H,76,85)(H,77,89)(H,82,83)(H,93,94)/t44-,45-,46-,47-,48-,49-,50-,51-,52-,55-/m0/s1. The van der Waals surface area contributed by atoms with Crippen LogP contribution in [0.5, 0.6) is 11.5 Å².